The maximum Gasteiger partial charge on any atom is 0.410 e. The number of carbonyl (C=O) groups excluding carboxylic acids is 1. The fourth-order valence-electron chi connectivity index (χ4n) is 3.52. The van der Waals surface area contributed by atoms with Crippen LogP contribution in [-0.2, 0) is 4.74 Å². The molecule has 0 spiro atoms. The fraction of sp³-hybridized carbons (Fsp3) is 0.611. The van der Waals surface area contributed by atoms with Gasteiger partial charge in [-0.15, -0.1) is 0 Å². The first-order valence-electron chi connectivity index (χ1n) is 9.06. The van der Waals surface area contributed by atoms with Crippen molar-refractivity contribution in [2.24, 2.45) is 11.8 Å². The van der Waals surface area contributed by atoms with E-state index in [-0.39, 0.29) is 24.5 Å². The number of nitrogens with zero attached hydrogens (tertiary/aromatic N) is 2. The van der Waals surface area contributed by atoms with Gasteiger partial charge >= 0.3 is 6.09 Å². The van der Waals surface area contributed by atoms with E-state index < -0.39 is 11.0 Å². The molecule has 140 valence electrons. The zero-order valence-electron chi connectivity index (χ0n) is 14.7. The van der Waals surface area contributed by atoms with Gasteiger partial charge < -0.3 is 19.1 Å². The second kappa shape index (κ2) is 6.66. The molecule has 0 N–H and O–H groups in total. The summed E-state index contributed by atoms with van der Waals surface area (Å²) in [7, 11) is 0. The zero-order chi connectivity index (χ0) is 18.3. The van der Waals surface area contributed by atoms with Crippen molar-refractivity contribution in [1.82, 2.24) is 4.90 Å². The van der Waals surface area contributed by atoms with E-state index in [4.69, 9.17) is 14.2 Å². The molecule has 26 heavy (non-hydrogen) atoms. The second-order valence-corrected chi connectivity index (χ2v) is 7.33. The number of hydrogen-bond acceptors (Lipinski definition) is 6. The van der Waals surface area contributed by atoms with Gasteiger partial charge in [0, 0.05) is 19.0 Å². The number of nitro benzene ring substituents is 1. The summed E-state index contributed by atoms with van der Waals surface area (Å²) in [6, 6.07) is 2.96. The maximum atomic E-state index is 12.6. The molecule has 1 atom stereocenters. The van der Waals surface area contributed by atoms with E-state index in [0.29, 0.717) is 36.1 Å². The van der Waals surface area contributed by atoms with Crippen molar-refractivity contribution in [3.8, 4) is 11.5 Å². The van der Waals surface area contributed by atoms with Crippen LogP contribution < -0.4 is 9.47 Å². The molecule has 1 aromatic rings. The summed E-state index contributed by atoms with van der Waals surface area (Å²) in [5.41, 5.74) is 0.298. The molecule has 8 nitrogen and oxygen atoms in total. The average Bonchev–Trinajstić information content (AvgIpc) is 3.36. The van der Waals surface area contributed by atoms with E-state index in [9.17, 15) is 14.9 Å². The number of carbonyl (C=O) groups is 1. The Bertz CT molecular complexity index is 725. The highest BCUT2D eigenvalue weighted by Crippen LogP contribution is 2.49. The first-order valence-corrected chi connectivity index (χ1v) is 9.06. The molecule has 1 unspecified atom stereocenters. The van der Waals surface area contributed by atoms with E-state index in [1.165, 1.54) is 6.07 Å². The van der Waals surface area contributed by atoms with Crippen molar-refractivity contribution in [3.63, 3.8) is 0 Å². The van der Waals surface area contributed by atoms with Crippen molar-refractivity contribution in [1.29, 1.82) is 0 Å². The molecule has 1 aliphatic carbocycles. The topological polar surface area (TPSA) is 91.1 Å². The van der Waals surface area contributed by atoms with Gasteiger partial charge in [0.2, 0.25) is 6.79 Å². The van der Waals surface area contributed by atoms with Gasteiger partial charge in [-0.2, -0.15) is 0 Å². The van der Waals surface area contributed by atoms with Crippen molar-refractivity contribution in [2.75, 3.05) is 19.9 Å². The molecule has 4 rings (SSSR count). The zero-order valence-corrected chi connectivity index (χ0v) is 14.7. The Morgan fingerprint density at radius 1 is 1.23 bits per heavy atom. The molecular weight excluding hydrogens is 340 g/mol. The summed E-state index contributed by atoms with van der Waals surface area (Å²) in [5.74, 6) is 1.53. The van der Waals surface area contributed by atoms with Crippen LogP contribution in [0.2, 0.25) is 0 Å². The monoisotopic (exact) mass is 362 g/mol. The number of benzene rings is 1. The van der Waals surface area contributed by atoms with Gasteiger partial charge in [0.1, 0.15) is 6.10 Å². The first-order chi connectivity index (χ1) is 12.5. The number of rotatable bonds is 4. The molecule has 2 aliphatic heterocycles. The normalized spacial score (nSPS) is 20.7. The predicted octanol–water partition coefficient (Wildman–Crippen LogP) is 3.64. The quantitative estimate of drug-likeness (QED) is 0.600. The van der Waals surface area contributed by atoms with Crippen LogP contribution >= 0.6 is 0 Å². The third kappa shape index (κ3) is 3.27. The van der Waals surface area contributed by atoms with Crippen LogP contribution in [0.25, 0.3) is 0 Å². The lowest BCUT2D eigenvalue weighted by atomic mass is 9.99. The Kier molecular flexibility index (Phi) is 4.34. The van der Waals surface area contributed by atoms with E-state index in [1.807, 2.05) is 0 Å². The molecule has 0 aromatic heterocycles. The van der Waals surface area contributed by atoms with Crippen LogP contribution in [-0.4, -0.2) is 35.8 Å². The smallest absolute Gasteiger partial charge is 0.410 e. The molecule has 2 heterocycles. The minimum atomic E-state index is -0.628. The number of fused-ring (bicyclic) bond motifs is 1. The van der Waals surface area contributed by atoms with E-state index in [0.717, 1.165) is 25.7 Å². The molecular formula is C18H22N2O6. The third-order valence-electron chi connectivity index (χ3n) is 5.34. The molecule has 1 saturated carbocycles. The minimum Gasteiger partial charge on any atom is -0.454 e. The van der Waals surface area contributed by atoms with Gasteiger partial charge in [-0.25, -0.2) is 4.79 Å². The SMILES string of the molecule is CC1CCN(C(=O)OC(c2cc3c(cc2[N+](=O)[O-])OCO3)C2CC2)CC1. The van der Waals surface area contributed by atoms with E-state index >= 15 is 0 Å². The van der Waals surface area contributed by atoms with Crippen molar-refractivity contribution in [3.05, 3.63) is 27.8 Å². The van der Waals surface area contributed by atoms with Crippen LogP contribution in [0.5, 0.6) is 11.5 Å². The number of ether oxygens (including phenoxy) is 3. The van der Waals surface area contributed by atoms with E-state index in [2.05, 4.69) is 6.92 Å². The minimum absolute atomic E-state index is 0.0375. The Morgan fingerprint density at radius 3 is 2.50 bits per heavy atom. The third-order valence-corrected chi connectivity index (χ3v) is 5.34. The number of likely N-dealkylation sites (tertiary alicyclic amines) is 1. The Morgan fingerprint density at radius 2 is 1.88 bits per heavy atom. The van der Waals surface area contributed by atoms with E-state index in [1.54, 1.807) is 11.0 Å². The van der Waals surface area contributed by atoms with Crippen LogP contribution in [0, 0.1) is 22.0 Å². The summed E-state index contributed by atoms with van der Waals surface area (Å²) >= 11 is 0. The number of piperidine rings is 1. The van der Waals surface area contributed by atoms with Gasteiger partial charge in [0.05, 0.1) is 16.6 Å². The molecule has 2 fully saturated rings. The van der Waals surface area contributed by atoms with Crippen LogP contribution in [0.4, 0.5) is 10.5 Å². The highest BCUT2D eigenvalue weighted by molar-refractivity contribution is 5.69. The molecule has 1 amide bonds. The number of nitro groups is 1. The summed E-state index contributed by atoms with van der Waals surface area (Å²) in [6.07, 6.45) is 2.67. The average molecular weight is 362 g/mol. The molecule has 1 saturated heterocycles. The standard InChI is InChI=1S/C18H22N2O6/c1-11-4-6-19(7-5-11)18(21)26-17(12-2-3-12)13-8-15-16(25-10-24-15)9-14(13)20(22)23/h8-9,11-12,17H,2-7,10H2,1H3. The lowest BCUT2D eigenvalue weighted by molar-refractivity contribution is -0.386. The number of amides is 1. The van der Waals surface area contributed by atoms with Gasteiger partial charge in [-0.05, 0) is 37.7 Å². The lowest BCUT2D eigenvalue weighted by Crippen LogP contribution is -2.39. The van der Waals surface area contributed by atoms with Gasteiger partial charge in [0.25, 0.3) is 5.69 Å². The summed E-state index contributed by atoms with van der Waals surface area (Å²) in [4.78, 5) is 25.4. The van der Waals surface area contributed by atoms with Gasteiger partial charge in [-0.1, -0.05) is 6.92 Å². The van der Waals surface area contributed by atoms with Gasteiger partial charge in [-0.3, -0.25) is 10.1 Å². The number of hydrogen-bond donors (Lipinski definition) is 0. The van der Waals surface area contributed by atoms with Crippen LogP contribution in [0.15, 0.2) is 12.1 Å². The fourth-order valence-corrected chi connectivity index (χ4v) is 3.52. The Labute approximate surface area is 151 Å². The highest BCUT2D eigenvalue weighted by Gasteiger charge is 2.41. The van der Waals surface area contributed by atoms with Crippen LogP contribution in [0.3, 0.4) is 0 Å². The Balaban J connectivity index is 1.59. The highest BCUT2D eigenvalue weighted by atomic mass is 16.7. The van der Waals surface area contributed by atoms with Crippen molar-refractivity contribution in [2.45, 2.75) is 38.7 Å². The lowest BCUT2D eigenvalue weighted by Gasteiger charge is -2.31. The van der Waals surface area contributed by atoms with Crippen LogP contribution in [0.1, 0.15) is 44.3 Å². The summed E-state index contributed by atoms with van der Waals surface area (Å²) in [6.45, 7) is 3.54. The summed E-state index contributed by atoms with van der Waals surface area (Å²) in [5, 5.41) is 11.6. The maximum absolute atomic E-state index is 12.6. The largest absolute Gasteiger partial charge is 0.454 e. The Hall–Kier alpha value is -2.51. The van der Waals surface area contributed by atoms with Crippen molar-refractivity contribution < 1.29 is 23.9 Å². The molecule has 0 bridgehead atoms. The summed E-state index contributed by atoms with van der Waals surface area (Å²) < 4.78 is 16.4. The molecule has 0 radical (unpaired) electrons. The van der Waals surface area contributed by atoms with Gasteiger partial charge in [0.15, 0.2) is 11.5 Å². The second-order valence-electron chi connectivity index (χ2n) is 7.33. The first kappa shape index (κ1) is 16.9. The predicted molar refractivity (Wildman–Crippen MR) is 91.1 cm³/mol. The van der Waals surface area contributed by atoms with Crippen molar-refractivity contribution >= 4 is 11.8 Å². The molecule has 1 aromatic carbocycles. The molecule has 8 heteroatoms. The molecule has 3 aliphatic rings.